The monoisotopic (exact) mass is 319 g/mol. The number of rotatable bonds is 1. The molecule has 0 unspecified atom stereocenters. The molecule has 0 radical (unpaired) electrons. The standard InChI is InChI=1S/C4H10.3BF4/c1-3-4-2;3*2-1(3,4)5/h3-4H2,1-2H3;;;/q;3*-1. The predicted molar refractivity (Wildman–Crippen MR) is 51.1 cm³/mol. The highest BCUT2D eigenvalue weighted by atomic mass is 19.5. The van der Waals surface area contributed by atoms with Gasteiger partial charge in [0.15, 0.2) is 0 Å². The molecule has 0 nitrogen and oxygen atoms in total. The predicted octanol–water partition coefficient (Wildman–Crippen LogP) is 5.71. The zero-order valence-electron chi connectivity index (χ0n) is 9.68. The smallest absolute Gasteiger partial charge is 0.418 e. The lowest BCUT2D eigenvalue weighted by Crippen LogP contribution is -2.02. The molecule has 0 rings (SSSR count). The highest BCUT2D eigenvalue weighted by Crippen LogP contribution is 2.07. The molecule has 0 aliphatic rings. The Morgan fingerprint density at radius 3 is 0.474 bits per heavy atom. The van der Waals surface area contributed by atoms with Crippen molar-refractivity contribution in [1.82, 2.24) is 0 Å². The lowest BCUT2D eigenvalue weighted by atomic mass is 10.3. The summed E-state index contributed by atoms with van der Waals surface area (Å²) in [5.41, 5.74) is 0. The van der Waals surface area contributed by atoms with Crippen LogP contribution in [0.3, 0.4) is 0 Å². The second-order valence-corrected chi connectivity index (χ2v) is 2.48. The van der Waals surface area contributed by atoms with Crippen molar-refractivity contribution >= 4 is 21.8 Å². The second-order valence-electron chi connectivity index (χ2n) is 2.48. The molecule has 0 bridgehead atoms. The van der Waals surface area contributed by atoms with Crippen molar-refractivity contribution in [3.8, 4) is 0 Å². The first-order valence-electron chi connectivity index (χ1n) is 4.53. The number of hydrogen-bond donors (Lipinski definition) is 0. The molecule has 0 aromatic heterocycles. The van der Waals surface area contributed by atoms with E-state index >= 15 is 0 Å². The van der Waals surface area contributed by atoms with E-state index in [4.69, 9.17) is 0 Å². The molecule has 0 aromatic carbocycles. The molecule has 0 saturated carbocycles. The Balaban J connectivity index is -0.0000000793. The summed E-state index contributed by atoms with van der Waals surface area (Å²) in [4.78, 5) is 0. The van der Waals surface area contributed by atoms with Crippen LogP contribution in [-0.4, -0.2) is 21.8 Å². The lowest BCUT2D eigenvalue weighted by molar-refractivity contribution is 0.366. The molecule has 0 fully saturated rings. The van der Waals surface area contributed by atoms with Crippen molar-refractivity contribution in [1.29, 1.82) is 0 Å². The van der Waals surface area contributed by atoms with E-state index in [9.17, 15) is 51.8 Å². The van der Waals surface area contributed by atoms with Crippen molar-refractivity contribution in [3.05, 3.63) is 0 Å². The molecule has 0 N–H and O–H groups in total. The first-order valence-corrected chi connectivity index (χ1v) is 4.53. The van der Waals surface area contributed by atoms with E-state index in [-0.39, 0.29) is 0 Å². The number of hydrogen-bond acceptors (Lipinski definition) is 0. The second kappa shape index (κ2) is 12.4. The van der Waals surface area contributed by atoms with E-state index in [1.54, 1.807) is 0 Å². The minimum atomic E-state index is -6.00. The van der Waals surface area contributed by atoms with Gasteiger partial charge in [-0.2, -0.15) is 0 Å². The topological polar surface area (TPSA) is 0 Å². The summed E-state index contributed by atoms with van der Waals surface area (Å²) >= 11 is 0. The average molecular weight is 319 g/mol. The van der Waals surface area contributed by atoms with Gasteiger partial charge in [-0.25, -0.2) is 0 Å². The van der Waals surface area contributed by atoms with E-state index in [0.29, 0.717) is 0 Å². The summed E-state index contributed by atoms with van der Waals surface area (Å²) in [5, 5.41) is 0. The fraction of sp³-hybridized carbons (Fsp3) is 1.00. The van der Waals surface area contributed by atoms with Gasteiger partial charge in [0.05, 0.1) is 0 Å². The molecule has 0 heterocycles. The maximum absolute atomic E-state index is 9.75. The van der Waals surface area contributed by atoms with Crippen LogP contribution in [0.2, 0.25) is 0 Å². The molecule has 0 spiro atoms. The summed E-state index contributed by atoms with van der Waals surface area (Å²) in [7, 11) is -18.0. The van der Waals surface area contributed by atoms with Gasteiger partial charge in [0.25, 0.3) is 0 Å². The fourth-order valence-electron chi connectivity index (χ4n) is 0. The Bertz CT molecular complexity index is 121. The molecule has 0 aliphatic carbocycles. The fourth-order valence-corrected chi connectivity index (χ4v) is 0. The van der Waals surface area contributed by atoms with E-state index in [1.807, 2.05) is 0 Å². The summed E-state index contributed by atoms with van der Waals surface area (Å²) in [5.74, 6) is 0. The van der Waals surface area contributed by atoms with Crippen LogP contribution in [0.4, 0.5) is 51.8 Å². The van der Waals surface area contributed by atoms with Crippen LogP contribution < -0.4 is 0 Å². The minimum absolute atomic E-state index is 1.32. The zero-order valence-corrected chi connectivity index (χ0v) is 9.68. The van der Waals surface area contributed by atoms with E-state index in [2.05, 4.69) is 13.8 Å². The molecule has 19 heavy (non-hydrogen) atoms. The first-order chi connectivity index (χ1) is 7.91. The third kappa shape index (κ3) is 32500. The molecular formula is C4H10B3F12-3. The summed E-state index contributed by atoms with van der Waals surface area (Å²) < 4.78 is 117. The summed E-state index contributed by atoms with van der Waals surface area (Å²) in [6.45, 7) is 4.36. The quantitative estimate of drug-likeness (QED) is 0.429. The van der Waals surface area contributed by atoms with Gasteiger partial charge in [0, 0.05) is 0 Å². The molecule has 0 amide bonds. The maximum Gasteiger partial charge on any atom is 0.673 e. The third-order valence-electron chi connectivity index (χ3n) is 0.500. The van der Waals surface area contributed by atoms with Crippen molar-refractivity contribution in [3.63, 3.8) is 0 Å². The van der Waals surface area contributed by atoms with Crippen LogP contribution in [0, 0.1) is 0 Å². The highest BCUT2D eigenvalue weighted by molar-refractivity contribution is 6.50. The third-order valence-corrected chi connectivity index (χ3v) is 0.500. The number of halogens is 12. The van der Waals surface area contributed by atoms with Gasteiger partial charge in [-0.15, -0.1) is 0 Å². The Kier molecular flexibility index (Phi) is 17.5. The van der Waals surface area contributed by atoms with Crippen LogP contribution in [0.25, 0.3) is 0 Å². The lowest BCUT2D eigenvalue weighted by Gasteiger charge is -1.94. The van der Waals surface area contributed by atoms with Gasteiger partial charge in [0.1, 0.15) is 0 Å². The van der Waals surface area contributed by atoms with Gasteiger partial charge in [-0.1, -0.05) is 26.7 Å². The van der Waals surface area contributed by atoms with Crippen LogP contribution in [0.15, 0.2) is 0 Å². The molecule has 0 saturated heterocycles. The molecule has 0 atom stereocenters. The van der Waals surface area contributed by atoms with Crippen molar-refractivity contribution < 1.29 is 51.8 Å². The van der Waals surface area contributed by atoms with Crippen molar-refractivity contribution in [2.24, 2.45) is 0 Å². The first kappa shape index (κ1) is 26.8. The van der Waals surface area contributed by atoms with Gasteiger partial charge in [-0.3, -0.25) is 0 Å². The largest absolute Gasteiger partial charge is 0.673 e. The van der Waals surface area contributed by atoms with Crippen molar-refractivity contribution in [2.45, 2.75) is 26.7 Å². The molecule has 122 valence electrons. The molecule has 0 aromatic rings. The normalized spacial score (nSPS) is 11.1. The Morgan fingerprint density at radius 1 is 0.421 bits per heavy atom. The highest BCUT2D eigenvalue weighted by Gasteiger charge is 2.21. The van der Waals surface area contributed by atoms with Crippen LogP contribution in [-0.2, 0) is 0 Å². The van der Waals surface area contributed by atoms with Crippen molar-refractivity contribution in [2.75, 3.05) is 0 Å². The molecular weight excluding hydrogens is 308 g/mol. The summed E-state index contributed by atoms with van der Waals surface area (Å²) in [6, 6.07) is 0. The van der Waals surface area contributed by atoms with Crippen LogP contribution in [0.5, 0.6) is 0 Å². The van der Waals surface area contributed by atoms with Gasteiger partial charge in [0.2, 0.25) is 0 Å². The average Bonchev–Trinajstić information content (AvgIpc) is 1.93. The van der Waals surface area contributed by atoms with E-state index in [0.717, 1.165) is 0 Å². The van der Waals surface area contributed by atoms with Gasteiger partial charge in [-0.05, 0) is 0 Å². The number of unbranched alkanes of at least 4 members (excludes halogenated alkanes) is 1. The van der Waals surface area contributed by atoms with Crippen LogP contribution >= 0.6 is 0 Å². The van der Waals surface area contributed by atoms with Crippen LogP contribution in [0.1, 0.15) is 26.7 Å². The maximum atomic E-state index is 9.75. The van der Waals surface area contributed by atoms with Gasteiger partial charge >= 0.3 is 21.8 Å². The van der Waals surface area contributed by atoms with Gasteiger partial charge < -0.3 is 51.8 Å². The zero-order chi connectivity index (χ0) is 16.9. The SMILES string of the molecule is CCCC.F[B-](F)(F)F.F[B-](F)(F)F.F[B-](F)(F)F. The van der Waals surface area contributed by atoms with E-state index < -0.39 is 21.8 Å². The summed E-state index contributed by atoms with van der Waals surface area (Å²) in [6.07, 6.45) is 2.64. The van der Waals surface area contributed by atoms with E-state index in [1.165, 1.54) is 12.8 Å². The Hall–Kier alpha value is -0.645. The molecule has 15 heteroatoms. The Labute approximate surface area is 101 Å². The minimum Gasteiger partial charge on any atom is -0.418 e. The Morgan fingerprint density at radius 2 is 0.474 bits per heavy atom. The molecule has 0 aliphatic heterocycles.